The van der Waals surface area contributed by atoms with Gasteiger partial charge >= 0.3 is 0 Å². The van der Waals surface area contributed by atoms with E-state index in [-0.39, 0.29) is 42.5 Å². The second-order valence-corrected chi connectivity index (χ2v) is 5.49. The van der Waals surface area contributed by atoms with Crippen LogP contribution in [0, 0.1) is 0 Å². The Bertz CT molecular complexity index is 550. The minimum atomic E-state index is -0.939. The van der Waals surface area contributed by atoms with Gasteiger partial charge in [-0.15, -0.1) is 0 Å². The van der Waals surface area contributed by atoms with Crippen LogP contribution in [0.15, 0.2) is 30.3 Å². The van der Waals surface area contributed by atoms with Crippen LogP contribution in [0.5, 0.6) is 0 Å². The highest BCUT2D eigenvalue weighted by molar-refractivity contribution is 8.14. The van der Waals surface area contributed by atoms with Crippen molar-refractivity contribution in [1.29, 1.82) is 0 Å². The molecule has 8 heteroatoms. The lowest BCUT2D eigenvalue weighted by Crippen LogP contribution is -2.39. The van der Waals surface area contributed by atoms with Gasteiger partial charge in [-0.1, -0.05) is 42.1 Å². The number of benzene rings is 1. The average Bonchev–Trinajstić information content (AvgIpc) is 2.58. The molecule has 0 saturated heterocycles. The molecule has 0 aliphatic heterocycles. The van der Waals surface area contributed by atoms with Gasteiger partial charge in [-0.2, -0.15) is 0 Å². The fourth-order valence-corrected chi connectivity index (χ4v) is 2.37. The van der Waals surface area contributed by atoms with E-state index in [4.69, 9.17) is 10.5 Å². The summed E-state index contributed by atoms with van der Waals surface area (Å²) in [5.74, 6) is -0.615. The average molecular weight is 338 g/mol. The van der Waals surface area contributed by atoms with Gasteiger partial charge in [0, 0.05) is 18.4 Å². The maximum atomic E-state index is 11.9. The predicted octanol–water partition coefficient (Wildman–Crippen LogP) is 0.483. The molecule has 124 valence electrons. The molecule has 1 atom stereocenters. The Balaban J connectivity index is 2.45. The van der Waals surface area contributed by atoms with Crippen LogP contribution in [0.4, 0.5) is 0 Å². The molecule has 3 N–H and O–H groups in total. The van der Waals surface area contributed by atoms with Crippen LogP contribution in [-0.2, 0) is 19.1 Å². The predicted molar refractivity (Wildman–Crippen MR) is 85.6 cm³/mol. The van der Waals surface area contributed by atoms with Gasteiger partial charge in [0.2, 0.25) is 11.0 Å². The number of Topliss-reactive ketones (excluding diaryl/α,β-unsaturated/α-hetero) is 1. The van der Waals surface area contributed by atoms with Gasteiger partial charge in [0.05, 0.1) is 12.3 Å². The van der Waals surface area contributed by atoms with E-state index in [9.17, 15) is 19.2 Å². The van der Waals surface area contributed by atoms with Gasteiger partial charge in [0.15, 0.2) is 6.23 Å². The first kappa shape index (κ1) is 18.9. The van der Waals surface area contributed by atoms with Crippen molar-refractivity contribution in [1.82, 2.24) is 5.32 Å². The lowest BCUT2D eigenvalue weighted by molar-refractivity contribution is -0.137. The molecule has 0 aromatic heterocycles. The molecule has 1 rings (SSSR count). The zero-order valence-electron chi connectivity index (χ0n) is 12.4. The van der Waals surface area contributed by atoms with E-state index in [1.807, 2.05) is 0 Å². The molecule has 23 heavy (non-hydrogen) atoms. The van der Waals surface area contributed by atoms with Crippen LogP contribution in [0.3, 0.4) is 0 Å². The summed E-state index contributed by atoms with van der Waals surface area (Å²) in [4.78, 5) is 45.2. The number of ketones is 1. The van der Waals surface area contributed by atoms with Gasteiger partial charge in [0.25, 0.3) is 6.47 Å². The van der Waals surface area contributed by atoms with Crippen LogP contribution in [0.1, 0.15) is 23.2 Å². The van der Waals surface area contributed by atoms with E-state index in [1.54, 1.807) is 30.3 Å². The first-order valence-electron chi connectivity index (χ1n) is 6.89. The van der Waals surface area contributed by atoms with Gasteiger partial charge in [-0.05, 0) is 0 Å². The number of thioether (sulfide) groups is 1. The third-order valence-electron chi connectivity index (χ3n) is 2.78. The SMILES string of the molecule is NCC(=O)CCC(=O)NC(CSC(=O)c1ccccc1)OC=O. The van der Waals surface area contributed by atoms with Crippen molar-refractivity contribution in [2.24, 2.45) is 5.73 Å². The van der Waals surface area contributed by atoms with Crippen LogP contribution >= 0.6 is 11.8 Å². The molecule has 1 unspecified atom stereocenters. The summed E-state index contributed by atoms with van der Waals surface area (Å²) in [5, 5.41) is 2.25. The minimum absolute atomic E-state index is 0.0201. The summed E-state index contributed by atoms with van der Waals surface area (Å²) in [6.45, 7) is 0.0759. The summed E-state index contributed by atoms with van der Waals surface area (Å²) in [5.41, 5.74) is 5.67. The largest absolute Gasteiger partial charge is 0.443 e. The van der Waals surface area contributed by atoms with Crippen molar-refractivity contribution in [3.63, 3.8) is 0 Å². The highest BCUT2D eigenvalue weighted by Crippen LogP contribution is 2.13. The first-order chi connectivity index (χ1) is 11.1. The molecule has 0 heterocycles. The normalized spacial score (nSPS) is 11.3. The first-order valence-corrected chi connectivity index (χ1v) is 7.87. The highest BCUT2D eigenvalue weighted by atomic mass is 32.2. The molecule has 0 saturated carbocycles. The molecule has 0 fully saturated rings. The maximum absolute atomic E-state index is 11.9. The molecular weight excluding hydrogens is 320 g/mol. The Morgan fingerprint density at radius 3 is 2.52 bits per heavy atom. The molecule has 0 bridgehead atoms. The van der Waals surface area contributed by atoms with Crippen LogP contribution in [0.2, 0.25) is 0 Å². The molecule has 1 aromatic rings. The summed E-state index contributed by atoms with van der Waals surface area (Å²) in [6, 6.07) is 8.61. The number of nitrogens with two attached hydrogens (primary N) is 1. The minimum Gasteiger partial charge on any atom is -0.443 e. The van der Waals surface area contributed by atoms with Crippen LogP contribution < -0.4 is 11.1 Å². The van der Waals surface area contributed by atoms with E-state index in [2.05, 4.69) is 5.32 Å². The van der Waals surface area contributed by atoms with Crippen molar-refractivity contribution >= 4 is 35.0 Å². The van der Waals surface area contributed by atoms with Gasteiger partial charge < -0.3 is 15.8 Å². The molecule has 1 amide bonds. The number of rotatable bonds is 10. The Labute approximate surface area is 137 Å². The number of ether oxygens (including phenoxy) is 1. The standard InChI is InChI=1S/C15H18N2O5S/c16-8-12(19)6-7-13(20)17-14(22-10-18)9-23-15(21)11-4-2-1-3-5-11/h1-5,10,14H,6-9,16H2,(H,17,20). The number of carbonyl (C=O) groups excluding carboxylic acids is 4. The van der Waals surface area contributed by atoms with E-state index < -0.39 is 12.1 Å². The lowest BCUT2D eigenvalue weighted by atomic mass is 10.2. The smallest absolute Gasteiger partial charge is 0.295 e. The van der Waals surface area contributed by atoms with Crippen LogP contribution in [0.25, 0.3) is 0 Å². The third kappa shape index (κ3) is 7.57. The van der Waals surface area contributed by atoms with Crippen molar-refractivity contribution in [3.05, 3.63) is 35.9 Å². The molecular formula is C15H18N2O5S. The second kappa shape index (κ2) is 10.5. The number of hydrogen-bond acceptors (Lipinski definition) is 7. The van der Waals surface area contributed by atoms with Crippen molar-refractivity contribution < 1.29 is 23.9 Å². The van der Waals surface area contributed by atoms with Gasteiger partial charge in [-0.3, -0.25) is 19.2 Å². The molecule has 7 nitrogen and oxygen atoms in total. The summed E-state index contributed by atoms with van der Waals surface area (Å²) in [6.07, 6.45) is -0.969. The fourth-order valence-electron chi connectivity index (χ4n) is 1.60. The van der Waals surface area contributed by atoms with E-state index in [0.717, 1.165) is 11.8 Å². The molecule has 1 aromatic carbocycles. The highest BCUT2D eigenvalue weighted by Gasteiger charge is 2.16. The summed E-state index contributed by atoms with van der Waals surface area (Å²) < 4.78 is 4.74. The molecule has 0 spiro atoms. The number of carbonyl (C=O) groups is 4. The zero-order chi connectivity index (χ0) is 17.1. The number of hydrogen-bond donors (Lipinski definition) is 2. The Morgan fingerprint density at radius 1 is 1.22 bits per heavy atom. The number of nitrogens with one attached hydrogen (secondary N) is 1. The number of amides is 1. The fraction of sp³-hybridized carbons (Fsp3) is 0.333. The van der Waals surface area contributed by atoms with E-state index in [0.29, 0.717) is 5.56 Å². The Morgan fingerprint density at radius 2 is 1.91 bits per heavy atom. The lowest BCUT2D eigenvalue weighted by Gasteiger charge is -2.16. The second-order valence-electron chi connectivity index (χ2n) is 4.50. The van der Waals surface area contributed by atoms with Crippen molar-refractivity contribution in [2.45, 2.75) is 19.1 Å². The van der Waals surface area contributed by atoms with Crippen LogP contribution in [-0.4, -0.2) is 41.8 Å². The molecule has 0 radical (unpaired) electrons. The van der Waals surface area contributed by atoms with Crippen molar-refractivity contribution in [3.8, 4) is 0 Å². The monoisotopic (exact) mass is 338 g/mol. The third-order valence-corrected chi connectivity index (χ3v) is 3.74. The van der Waals surface area contributed by atoms with E-state index in [1.165, 1.54) is 0 Å². The summed E-state index contributed by atoms with van der Waals surface area (Å²) in [7, 11) is 0. The summed E-state index contributed by atoms with van der Waals surface area (Å²) >= 11 is 0.924. The van der Waals surface area contributed by atoms with Gasteiger partial charge in [-0.25, -0.2) is 0 Å². The Hall–Kier alpha value is -2.19. The van der Waals surface area contributed by atoms with Gasteiger partial charge in [0.1, 0.15) is 5.78 Å². The zero-order valence-corrected chi connectivity index (χ0v) is 13.2. The molecule has 0 aliphatic carbocycles. The topological polar surface area (TPSA) is 116 Å². The van der Waals surface area contributed by atoms with Crippen molar-refractivity contribution in [2.75, 3.05) is 12.3 Å². The Kier molecular flexibility index (Phi) is 8.63. The van der Waals surface area contributed by atoms with E-state index >= 15 is 0 Å². The quantitative estimate of drug-likeness (QED) is 0.471. The maximum Gasteiger partial charge on any atom is 0.295 e. The molecule has 0 aliphatic rings.